The predicted molar refractivity (Wildman–Crippen MR) is 101 cm³/mol. The number of esters is 1. The maximum absolute atomic E-state index is 12.5. The summed E-state index contributed by atoms with van der Waals surface area (Å²) in [6.07, 6.45) is 3.05. The van der Waals surface area contributed by atoms with Gasteiger partial charge < -0.3 is 9.64 Å². The first-order chi connectivity index (χ1) is 13.0. The van der Waals surface area contributed by atoms with Crippen molar-refractivity contribution >= 4 is 27.2 Å². The van der Waals surface area contributed by atoms with Gasteiger partial charge in [0.1, 0.15) is 6.07 Å². The van der Waals surface area contributed by atoms with Gasteiger partial charge in [0, 0.05) is 11.9 Å². The van der Waals surface area contributed by atoms with Gasteiger partial charge in [-0.25, -0.2) is 13.2 Å². The first-order valence-corrected chi connectivity index (χ1v) is 10.00. The third-order valence-electron chi connectivity index (χ3n) is 4.17. The van der Waals surface area contributed by atoms with Crippen LogP contribution >= 0.6 is 0 Å². The summed E-state index contributed by atoms with van der Waals surface area (Å²) in [5.74, 6) is -0.398. The molecule has 138 valence electrons. The summed E-state index contributed by atoms with van der Waals surface area (Å²) in [6, 6.07) is 14.9. The topological polar surface area (TPSA) is 87.5 Å². The molecule has 2 aromatic rings. The van der Waals surface area contributed by atoms with Gasteiger partial charge in [-0.1, -0.05) is 25.5 Å². The molecule has 0 bridgehead atoms. The molecule has 1 aliphatic rings. The smallest absolute Gasteiger partial charge is 0.338 e. The lowest BCUT2D eigenvalue weighted by atomic mass is 10.2. The normalized spacial score (nSPS) is 14.7. The van der Waals surface area contributed by atoms with Crippen LogP contribution in [-0.2, 0) is 14.6 Å². The number of hydrogen-bond donors (Lipinski definition) is 0. The Kier molecular flexibility index (Phi) is 5.28. The lowest BCUT2D eigenvalue weighted by Gasteiger charge is -2.27. The van der Waals surface area contributed by atoms with Gasteiger partial charge in [-0.3, -0.25) is 0 Å². The maximum atomic E-state index is 12.5. The Morgan fingerprint density at radius 2 is 1.85 bits per heavy atom. The van der Waals surface area contributed by atoms with Crippen molar-refractivity contribution in [2.24, 2.45) is 0 Å². The van der Waals surface area contributed by atoms with E-state index < -0.39 is 15.8 Å². The highest BCUT2D eigenvalue weighted by molar-refractivity contribution is 7.95. The van der Waals surface area contributed by atoms with Crippen molar-refractivity contribution in [1.82, 2.24) is 0 Å². The van der Waals surface area contributed by atoms with Crippen LogP contribution < -0.4 is 4.90 Å². The summed E-state index contributed by atoms with van der Waals surface area (Å²) >= 11 is 0. The van der Waals surface area contributed by atoms with E-state index in [1.54, 1.807) is 53.4 Å². The number of fused-ring (bicyclic) bond motifs is 1. The summed E-state index contributed by atoms with van der Waals surface area (Å²) < 4.78 is 30.2. The van der Waals surface area contributed by atoms with E-state index in [0.717, 1.165) is 12.8 Å². The number of rotatable bonds is 5. The zero-order valence-corrected chi connectivity index (χ0v) is 15.6. The molecule has 0 saturated heterocycles. The monoisotopic (exact) mass is 382 g/mol. The Morgan fingerprint density at radius 3 is 2.52 bits per heavy atom. The van der Waals surface area contributed by atoms with E-state index in [0.29, 0.717) is 23.5 Å². The number of benzene rings is 2. The Balaban J connectivity index is 1.94. The van der Waals surface area contributed by atoms with Crippen LogP contribution in [-0.4, -0.2) is 21.0 Å². The third-order valence-corrected chi connectivity index (χ3v) is 5.87. The third kappa shape index (κ3) is 3.57. The molecule has 0 aromatic heterocycles. The highest BCUT2D eigenvalue weighted by Crippen LogP contribution is 2.39. The standard InChI is InChI=1S/C20H18N2O4S/c1-2-3-12-26-20(23)15-8-10-16(11-9-15)22-14-17(13-21)27(24,25)19-7-5-4-6-18(19)22/h4-11,14H,2-3,12H2,1H3. The molecule has 0 unspecified atom stereocenters. The molecule has 3 rings (SSSR count). The number of carbonyl (C=O) groups is 1. The predicted octanol–water partition coefficient (Wildman–Crippen LogP) is 3.93. The van der Waals surface area contributed by atoms with Gasteiger partial charge in [0.2, 0.25) is 9.84 Å². The first-order valence-electron chi connectivity index (χ1n) is 8.51. The number of nitrogens with zero attached hydrogens (tertiary/aromatic N) is 2. The lowest BCUT2D eigenvalue weighted by Crippen LogP contribution is -2.21. The minimum Gasteiger partial charge on any atom is -0.462 e. The number of anilines is 2. The molecular formula is C20H18N2O4S. The van der Waals surface area contributed by atoms with Gasteiger partial charge in [-0.05, 0) is 42.8 Å². The van der Waals surface area contributed by atoms with E-state index in [1.807, 2.05) is 6.92 Å². The highest BCUT2D eigenvalue weighted by Gasteiger charge is 2.31. The molecule has 0 aliphatic carbocycles. The van der Waals surface area contributed by atoms with Crippen molar-refractivity contribution < 1.29 is 17.9 Å². The minimum absolute atomic E-state index is 0.0760. The van der Waals surface area contributed by atoms with Gasteiger partial charge in [-0.2, -0.15) is 5.26 Å². The molecule has 0 amide bonds. The van der Waals surface area contributed by atoms with E-state index in [-0.39, 0.29) is 9.80 Å². The van der Waals surface area contributed by atoms with Crippen LogP contribution in [0.2, 0.25) is 0 Å². The van der Waals surface area contributed by atoms with Crippen LogP contribution in [0, 0.1) is 11.3 Å². The van der Waals surface area contributed by atoms with Crippen LogP contribution in [0.4, 0.5) is 11.4 Å². The van der Waals surface area contributed by atoms with E-state index in [9.17, 15) is 18.5 Å². The van der Waals surface area contributed by atoms with Gasteiger partial charge in [0.25, 0.3) is 0 Å². The number of allylic oxidation sites excluding steroid dienone is 1. The van der Waals surface area contributed by atoms with Crippen LogP contribution in [0.3, 0.4) is 0 Å². The van der Waals surface area contributed by atoms with Crippen molar-refractivity contribution in [1.29, 1.82) is 5.26 Å². The van der Waals surface area contributed by atoms with Crippen molar-refractivity contribution in [3.8, 4) is 6.07 Å². The second kappa shape index (κ2) is 7.64. The summed E-state index contributed by atoms with van der Waals surface area (Å²) in [5, 5.41) is 9.25. The number of carbonyl (C=O) groups excluding carboxylic acids is 1. The Hall–Kier alpha value is -3.11. The molecule has 2 aromatic carbocycles. The van der Waals surface area contributed by atoms with Crippen molar-refractivity contribution in [2.75, 3.05) is 11.5 Å². The largest absolute Gasteiger partial charge is 0.462 e. The quantitative estimate of drug-likeness (QED) is 0.575. The van der Waals surface area contributed by atoms with E-state index in [1.165, 1.54) is 12.3 Å². The second-order valence-electron chi connectivity index (χ2n) is 5.98. The van der Waals surface area contributed by atoms with Gasteiger partial charge in [0.15, 0.2) is 4.91 Å². The minimum atomic E-state index is -3.82. The molecule has 0 atom stereocenters. The fraction of sp³-hybridized carbons (Fsp3) is 0.200. The number of para-hydroxylation sites is 1. The van der Waals surface area contributed by atoms with Crippen molar-refractivity contribution in [2.45, 2.75) is 24.7 Å². The lowest BCUT2D eigenvalue weighted by molar-refractivity contribution is 0.0500. The Morgan fingerprint density at radius 1 is 1.15 bits per heavy atom. The fourth-order valence-corrected chi connectivity index (χ4v) is 4.01. The van der Waals surface area contributed by atoms with E-state index >= 15 is 0 Å². The summed E-state index contributed by atoms with van der Waals surface area (Å²) in [7, 11) is -3.82. The van der Waals surface area contributed by atoms with Gasteiger partial charge in [0.05, 0.1) is 22.8 Å². The van der Waals surface area contributed by atoms with Gasteiger partial charge >= 0.3 is 5.97 Å². The van der Waals surface area contributed by atoms with Crippen LogP contribution in [0.1, 0.15) is 30.1 Å². The molecule has 0 spiro atoms. The average Bonchev–Trinajstić information content (AvgIpc) is 2.68. The molecule has 0 radical (unpaired) electrons. The fourth-order valence-electron chi connectivity index (χ4n) is 2.71. The number of hydrogen-bond acceptors (Lipinski definition) is 6. The second-order valence-corrected chi connectivity index (χ2v) is 7.87. The molecule has 27 heavy (non-hydrogen) atoms. The number of ether oxygens (including phenoxy) is 1. The molecule has 7 heteroatoms. The van der Waals surface area contributed by atoms with Gasteiger partial charge in [-0.15, -0.1) is 0 Å². The maximum Gasteiger partial charge on any atom is 0.338 e. The van der Waals surface area contributed by atoms with Crippen LogP contribution in [0.15, 0.2) is 64.5 Å². The zero-order valence-electron chi connectivity index (χ0n) is 14.8. The summed E-state index contributed by atoms with van der Waals surface area (Å²) in [4.78, 5) is 13.4. The molecule has 0 saturated carbocycles. The Bertz CT molecular complexity index is 1030. The van der Waals surface area contributed by atoms with Crippen molar-refractivity contribution in [3.05, 3.63) is 65.2 Å². The molecule has 0 N–H and O–H groups in total. The SMILES string of the molecule is CCCCOC(=O)c1ccc(N2C=C(C#N)S(=O)(=O)c3ccccc32)cc1. The van der Waals surface area contributed by atoms with Crippen LogP contribution in [0.5, 0.6) is 0 Å². The Labute approximate surface area is 158 Å². The molecule has 1 aliphatic heterocycles. The number of sulfone groups is 1. The summed E-state index contributed by atoms with van der Waals surface area (Å²) in [5.41, 5.74) is 1.50. The first kappa shape index (κ1) is 18.7. The van der Waals surface area contributed by atoms with E-state index in [2.05, 4.69) is 0 Å². The van der Waals surface area contributed by atoms with Crippen molar-refractivity contribution in [3.63, 3.8) is 0 Å². The summed E-state index contributed by atoms with van der Waals surface area (Å²) in [6.45, 7) is 2.39. The molecule has 1 heterocycles. The van der Waals surface area contributed by atoms with Crippen LogP contribution in [0.25, 0.3) is 0 Å². The number of nitriles is 1. The molecule has 0 fully saturated rings. The average molecular weight is 382 g/mol. The highest BCUT2D eigenvalue weighted by atomic mass is 32.2. The van der Waals surface area contributed by atoms with E-state index in [4.69, 9.17) is 4.74 Å². The number of unbranched alkanes of at least 4 members (excludes halogenated alkanes) is 1. The molecule has 6 nitrogen and oxygen atoms in total. The molecular weight excluding hydrogens is 364 g/mol. The zero-order chi connectivity index (χ0) is 19.4.